The summed E-state index contributed by atoms with van der Waals surface area (Å²) in [5.74, 6) is -0.415. The Morgan fingerprint density at radius 3 is 2.48 bits per heavy atom. The van der Waals surface area contributed by atoms with Crippen molar-refractivity contribution in [2.75, 3.05) is 23.1 Å². The minimum Gasteiger partial charge on any atom is -0.363 e. The summed E-state index contributed by atoms with van der Waals surface area (Å²) in [6.45, 7) is 2.48. The molecule has 1 aliphatic heterocycles. The van der Waals surface area contributed by atoms with Crippen LogP contribution in [0, 0.1) is 12.7 Å². The molecule has 2 N–H and O–H groups in total. The molecule has 1 saturated heterocycles. The van der Waals surface area contributed by atoms with E-state index in [1.54, 1.807) is 36.1 Å². The molecule has 1 amide bonds. The topological polar surface area (TPSA) is 117 Å². The van der Waals surface area contributed by atoms with Gasteiger partial charge < -0.3 is 14.7 Å². The van der Waals surface area contributed by atoms with Gasteiger partial charge in [0.1, 0.15) is 12.1 Å². The minimum absolute atomic E-state index is 0.0133. The van der Waals surface area contributed by atoms with E-state index in [1.807, 2.05) is 0 Å². The summed E-state index contributed by atoms with van der Waals surface area (Å²) in [6.07, 6.45) is 3.87. The van der Waals surface area contributed by atoms with Crippen LogP contribution in [0.15, 0.2) is 70.5 Å². The van der Waals surface area contributed by atoms with Gasteiger partial charge >= 0.3 is 0 Å². The number of anilines is 3. The number of aromatic nitrogens is 2. The molecule has 0 saturated carbocycles. The zero-order valence-corrected chi connectivity index (χ0v) is 23.5. The molecule has 9 nitrogen and oxygen atoms in total. The Kier molecular flexibility index (Phi) is 7.97. The van der Waals surface area contributed by atoms with E-state index in [0.717, 1.165) is 5.56 Å². The molecule has 0 radical (unpaired) electrons. The molecule has 13 heteroatoms. The van der Waals surface area contributed by atoms with Gasteiger partial charge in [-0.3, -0.25) is 9.52 Å². The summed E-state index contributed by atoms with van der Waals surface area (Å²) in [4.78, 5) is 19.6. The van der Waals surface area contributed by atoms with Crippen molar-refractivity contribution < 1.29 is 22.1 Å². The Balaban J connectivity index is 1.46. The second-order valence-corrected chi connectivity index (χ2v) is 11.8. The average Bonchev–Trinajstić information content (AvgIpc) is 3.43. The van der Waals surface area contributed by atoms with Crippen LogP contribution in [-0.4, -0.2) is 42.5 Å². The highest BCUT2D eigenvalue weighted by Gasteiger charge is 2.30. The molecule has 0 aliphatic carbocycles. The molecule has 1 aliphatic rings. The Bertz CT molecular complexity index is 1640. The largest absolute Gasteiger partial charge is 0.363 e. The van der Waals surface area contributed by atoms with Crippen molar-refractivity contribution in [1.29, 1.82) is 0 Å². The standard InChI is InChI=1S/C27H24Cl2FN5O4S/c1-16-25(32-23-7-4-19(28)14-22(23)29)21(15-31-26(16)40(37,38)34-24-10-13-39-33-24)27(36)35-11-8-18(9-12-35)17-2-5-20(30)6-3-17/h2-7,10,13-15,18H,8-9,11-12H2,1H3,(H,31,32)(H,33,34). The maximum atomic E-state index is 13.8. The highest BCUT2D eigenvalue weighted by molar-refractivity contribution is 7.92. The van der Waals surface area contributed by atoms with E-state index >= 15 is 0 Å². The third-order valence-electron chi connectivity index (χ3n) is 6.75. The van der Waals surface area contributed by atoms with E-state index in [2.05, 4.69) is 20.2 Å². The second-order valence-electron chi connectivity index (χ2n) is 9.33. The van der Waals surface area contributed by atoms with E-state index in [9.17, 15) is 17.6 Å². The van der Waals surface area contributed by atoms with Crippen molar-refractivity contribution >= 4 is 56.3 Å². The van der Waals surface area contributed by atoms with E-state index in [-0.39, 0.29) is 50.3 Å². The van der Waals surface area contributed by atoms with Crippen molar-refractivity contribution in [3.63, 3.8) is 0 Å². The van der Waals surface area contributed by atoms with Crippen molar-refractivity contribution in [2.24, 2.45) is 0 Å². The molecule has 40 heavy (non-hydrogen) atoms. The molecule has 0 spiro atoms. The second kappa shape index (κ2) is 11.4. The van der Waals surface area contributed by atoms with Gasteiger partial charge in [-0.2, -0.15) is 8.42 Å². The number of likely N-dealkylation sites (tertiary alicyclic amines) is 1. The minimum atomic E-state index is -4.18. The lowest BCUT2D eigenvalue weighted by molar-refractivity contribution is 0.0713. The van der Waals surface area contributed by atoms with Crippen molar-refractivity contribution in [3.8, 4) is 0 Å². The van der Waals surface area contributed by atoms with Gasteiger partial charge in [0.2, 0.25) is 0 Å². The maximum absolute atomic E-state index is 13.8. The first-order valence-corrected chi connectivity index (χ1v) is 14.6. The summed E-state index contributed by atoms with van der Waals surface area (Å²) < 4.78 is 46.7. The third kappa shape index (κ3) is 5.91. The molecule has 0 bridgehead atoms. The molecule has 3 heterocycles. The number of hydrogen-bond acceptors (Lipinski definition) is 7. The van der Waals surface area contributed by atoms with Gasteiger partial charge in [0.25, 0.3) is 15.9 Å². The van der Waals surface area contributed by atoms with Gasteiger partial charge in [-0.15, -0.1) is 0 Å². The smallest absolute Gasteiger partial charge is 0.280 e. The van der Waals surface area contributed by atoms with Gasteiger partial charge in [0.15, 0.2) is 10.8 Å². The lowest BCUT2D eigenvalue weighted by atomic mass is 9.89. The fourth-order valence-corrected chi connectivity index (χ4v) is 6.32. The molecule has 2 aromatic heterocycles. The zero-order valence-electron chi connectivity index (χ0n) is 21.2. The van der Waals surface area contributed by atoms with Crippen LogP contribution in [0.3, 0.4) is 0 Å². The number of carbonyl (C=O) groups excluding carboxylic acids is 1. The van der Waals surface area contributed by atoms with Crippen LogP contribution >= 0.6 is 23.2 Å². The number of halogens is 3. The lowest BCUT2D eigenvalue weighted by Gasteiger charge is -2.33. The maximum Gasteiger partial charge on any atom is 0.280 e. The zero-order chi connectivity index (χ0) is 28.4. The number of nitrogens with one attached hydrogen (secondary N) is 2. The first-order chi connectivity index (χ1) is 19.1. The molecule has 0 atom stereocenters. The van der Waals surface area contributed by atoms with Crippen LogP contribution in [0.25, 0.3) is 0 Å². The van der Waals surface area contributed by atoms with Gasteiger partial charge in [-0.1, -0.05) is 40.5 Å². The Hall–Kier alpha value is -3.67. The third-order valence-corrected chi connectivity index (χ3v) is 8.70. The fraction of sp³-hybridized carbons (Fsp3) is 0.222. The van der Waals surface area contributed by atoms with Crippen molar-refractivity contribution in [2.45, 2.75) is 30.7 Å². The number of carbonyl (C=O) groups is 1. The van der Waals surface area contributed by atoms with Gasteiger partial charge in [-0.05, 0) is 61.6 Å². The molecule has 2 aromatic carbocycles. The number of nitrogens with zero attached hydrogens (tertiary/aromatic N) is 3. The van der Waals surface area contributed by atoms with E-state index in [4.69, 9.17) is 27.7 Å². The Labute approximate surface area is 240 Å². The van der Waals surface area contributed by atoms with Crippen LogP contribution < -0.4 is 10.0 Å². The Morgan fingerprint density at radius 2 is 1.82 bits per heavy atom. The predicted molar refractivity (Wildman–Crippen MR) is 150 cm³/mol. The summed E-state index contributed by atoms with van der Waals surface area (Å²) in [5.41, 5.74) is 2.08. The highest BCUT2D eigenvalue weighted by atomic mass is 35.5. The van der Waals surface area contributed by atoms with Gasteiger partial charge in [0, 0.05) is 35.9 Å². The number of piperidine rings is 1. The molecular formula is C27H24Cl2FN5O4S. The number of rotatable bonds is 7. The summed E-state index contributed by atoms with van der Waals surface area (Å²) in [5, 5.41) is 7.12. The first-order valence-electron chi connectivity index (χ1n) is 12.3. The number of sulfonamides is 1. The molecular weight excluding hydrogens is 580 g/mol. The number of pyridine rings is 1. The number of hydrogen-bond donors (Lipinski definition) is 2. The normalized spacial score (nSPS) is 14.2. The predicted octanol–water partition coefficient (Wildman–Crippen LogP) is 6.39. The molecule has 4 aromatic rings. The van der Waals surface area contributed by atoms with Gasteiger partial charge in [-0.25, -0.2) is 9.37 Å². The van der Waals surface area contributed by atoms with Crippen molar-refractivity contribution in [1.82, 2.24) is 15.0 Å². The average molecular weight is 604 g/mol. The molecule has 1 fully saturated rings. The van der Waals surface area contributed by atoms with Crippen molar-refractivity contribution in [3.05, 3.63) is 93.5 Å². The molecule has 0 unspecified atom stereocenters. The summed E-state index contributed by atoms with van der Waals surface area (Å²) in [6, 6.07) is 12.6. The SMILES string of the molecule is Cc1c(S(=O)(=O)Nc2ccon2)ncc(C(=O)N2CCC(c3ccc(F)cc3)CC2)c1Nc1ccc(Cl)cc1Cl. The van der Waals surface area contributed by atoms with Gasteiger partial charge in [0.05, 0.1) is 22.0 Å². The van der Waals surface area contributed by atoms with Crippen LogP contribution in [-0.2, 0) is 10.0 Å². The number of benzene rings is 2. The fourth-order valence-electron chi connectivity index (χ4n) is 4.69. The number of amides is 1. The molecule has 208 valence electrons. The highest BCUT2D eigenvalue weighted by Crippen LogP contribution is 2.35. The monoisotopic (exact) mass is 603 g/mol. The lowest BCUT2D eigenvalue weighted by Crippen LogP contribution is -2.38. The Morgan fingerprint density at radius 1 is 1.10 bits per heavy atom. The van der Waals surface area contributed by atoms with E-state index in [0.29, 0.717) is 36.6 Å². The van der Waals surface area contributed by atoms with Crippen LogP contribution in [0.1, 0.15) is 40.2 Å². The van der Waals surface area contributed by atoms with Crippen LogP contribution in [0.5, 0.6) is 0 Å². The van der Waals surface area contributed by atoms with E-state index < -0.39 is 10.0 Å². The quantitative estimate of drug-likeness (QED) is 0.251. The first kappa shape index (κ1) is 27.9. The summed E-state index contributed by atoms with van der Waals surface area (Å²) >= 11 is 12.4. The van der Waals surface area contributed by atoms with Crippen LogP contribution in [0.4, 0.5) is 21.6 Å². The molecule has 5 rings (SSSR count). The van der Waals surface area contributed by atoms with E-state index in [1.165, 1.54) is 36.7 Å². The van der Waals surface area contributed by atoms with Crippen LogP contribution in [0.2, 0.25) is 10.0 Å². The summed E-state index contributed by atoms with van der Waals surface area (Å²) in [7, 11) is -4.18.